The summed E-state index contributed by atoms with van der Waals surface area (Å²) in [6.45, 7) is 0. The van der Waals surface area contributed by atoms with Gasteiger partial charge < -0.3 is 9.84 Å². The molecule has 100 valence electrons. The normalized spacial score (nSPS) is 12.2. The van der Waals surface area contributed by atoms with Crippen LogP contribution >= 0.6 is 11.6 Å². The van der Waals surface area contributed by atoms with Crippen LogP contribution in [0.25, 0.3) is 0 Å². The first-order valence-electron chi connectivity index (χ1n) is 5.58. The molecule has 4 nitrogen and oxygen atoms in total. The highest BCUT2D eigenvalue weighted by Gasteiger charge is 2.13. The lowest BCUT2D eigenvalue weighted by molar-refractivity contribution is 0.172. The van der Waals surface area contributed by atoms with Crippen LogP contribution in [0.3, 0.4) is 0 Å². The largest absolute Gasteiger partial charge is 0.481 e. The number of methoxy groups -OCH3 is 1. The highest BCUT2D eigenvalue weighted by molar-refractivity contribution is 6.31. The van der Waals surface area contributed by atoms with Gasteiger partial charge in [0.1, 0.15) is 18.2 Å². The number of aliphatic hydroxyl groups excluding tert-OH is 1. The lowest BCUT2D eigenvalue weighted by Crippen LogP contribution is -2.05. The summed E-state index contributed by atoms with van der Waals surface area (Å²) in [7, 11) is 1.48. The zero-order valence-electron chi connectivity index (χ0n) is 10.2. The van der Waals surface area contributed by atoms with Crippen molar-refractivity contribution < 1.29 is 14.2 Å². The summed E-state index contributed by atoms with van der Waals surface area (Å²) in [4.78, 5) is 7.83. The van der Waals surface area contributed by atoms with Crippen LogP contribution in [0.2, 0.25) is 5.02 Å². The molecule has 0 bridgehead atoms. The topological polar surface area (TPSA) is 55.2 Å². The first-order chi connectivity index (χ1) is 9.10. The number of nitrogens with zero attached hydrogens (tertiary/aromatic N) is 2. The van der Waals surface area contributed by atoms with Crippen LogP contribution in [0.5, 0.6) is 5.88 Å². The zero-order valence-corrected chi connectivity index (χ0v) is 10.9. The summed E-state index contributed by atoms with van der Waals surface area (Å²) in [6.07, 6.45) is 0.683. The molecule has 0 aliphatic heterocycles. The fraction of sp³-hybridized carbons (Fsp3) is 0.231. The van der Waals surface area contributed by atoms with E-state index < -0.39 is 11.9 Å². The van der Waals surface area contributed by atoms with Gasteiger partial charge in [0.25, 0.3) is 0 Å². The highest BCUT2D eigenvalue weighted by Crippen LogP contribution is 2.24. The van der Waals surface area contributed by atoms with Crippen LogP contribution in [0, 0.1) is 5.82 Å². The molecule has 19 heavy (non-hydrogen) atoms. The van der Waals surface area contributed by atoms with Crippen molar-refractivity contribution in [3.05, 3.63) is 52.7 Å². The van der Waals surface area contributed by atoms with Crippen LogP contribution in [0.4, 0.5) is 4.39 Å². The van der Waals surface area contributed by atoms with Crippen molar-refractivity contribution in [1.29, 1.82) is 0 Å². The molecule has 0 amide bonds. The highest BCUT2D eigenvalue weighted by atomic mass is 35.5. The summed E-state index contributed by atoms with van der Waals surface area (Å²) >= 11 is 5.91. The molecule has 1 atom stereocenters. The number of hydrogen-bond acceptors (Lipinski definition) is 4. The average molecular weight is 283 g/mol. The number of hydrogen-bond donors (Lipinski definition) is 1. The minimum atomic E-state index is -0.861. The summed E-state index contributed by atoms with van der Waals surface area (Å²) in [5.41, 5.74) is 1.07. The average Bonchev–Trinajstić information content (AvgIpc) is 2.42. The summed E-state index contributed by atoms with van der Waals surface area (Å²) < 4.78 is 17.9. The Hall–Kier alpha value is -1.72. The predicted molar refractivity (Wildman–Crippen MR) is 68.7 cm³/mol. The van der Waals surface area contributed by atoms with Crippen LogP contribution < -0.4 is 4.74 Å². The molecule has 0 aliphatic carbocycles. The quantitative estimate of drug-likeness (QED) is 0.936. The number of aromatic nitrogens is 2. The van der Waals surface area contributed by atoms with E-state index in [-0.39, 0.29) is 11.4 Å². The Labute approximate surface area is 114 Å². The van der Waals surface area contributed by atoms with Crippen molar-refractivity contribution in [1.82, 2.24) is 9.97 Å². The Morgan fingerprint density at radius 2 is 2.16 bits per heavy atom. The molecule has 1 heterocycles. The van der Waals surface area contributed by atoms with Gasteiger partial charge >= 0.3 is 0 Å². The van der Waals surface area contributed by atoms with Gasteiger partial charge in [-0.3, -0.25) is 0 Å². The number of benzene rings is 1. The molecular formula is C13H12ClFN2O2. The lowest BCUT2D eigenvalue weighted by Gasteiger charge is -2.11. The summed E-state index contributed by atoms with van der Waals surface area (Å²) in [5.74, 6) is -0.0406. The third kappa shape index (κ3) is 3.39. The number of halogens is 2. The second-order valence-corrected chi connectivity index (χ2v) is 4.35. The van der Waals surface area contributed by atoms with Crippen molar-refractivity contribution in [3.63, 3.8) is 0 Å². The molecule has 1 aromatic heterocycles. The fourth-order valence-electron chi connectivity index (χ4n) is 1.65. The van der Waals surface area contributed by atoms with E-state index in [0.29, 0.717) is 17.1 Å². The molecule has 0 aliphatic rings. The van der Waals surface area contributed by atoms with Crippen molar-refractivity contribution in [2.24, 2.45) is 0 Å². The van der Waals surface area contributed by atoms with Gasteiger partial charge in [-0.2, -0.15) is 0 Å². The molecule has 0 fully saturated rings. The molecule has 0 saturated carbocycles. The van der Waals surface area contributed by atoms with Crippen molar-refractivity contribution >= 4 is 11.6 Å². The molecule has 0 spiro atoms. The van der Waals surface area contributed by atoms with Crippen molar-refractivity contribution in [2.75, 3.05) is 7.11 Å². The third-order valence-electron chi connectivity index (χ3n) is 2.64. The van der Waals surface area contributed by atoms with Crippen LogP contribution in [-0.4, -0.2) is 22.2 Å². The second kappa shape index (κ2) is 5.95. The summed E-state index contributed by atoms with van der Waals surface area (Å²) in [5, 5.41) is 10.4. The first-order valence-corrected chi connectivity index (χ1v) is 5.96. The molecule has 2 rings (SSSR count). The monoisotopic (exact) mass is 282 g/mol. The van der Waals surface area contributed by atoms with Gasteiger partial charge in [0.2, 0.25) is 5.88 Å². The van der Waals surface area contributed by atoms with E-state index in [4.69, 9.17) is 16.3 Å². The van der Waals surface area contributed by atoms with E-state index in [2.05, 4.69) is 9.97 Å². The van der Waals surface area contributed by atoms with E-state index >= 15 is 0 Å². The molecule has 6 heteroatoms. The van der Waals surface area contributed by atoms with E-state index in [1.54, 1.807) is 12.1 Å². The zero-order chi connectivity index (χ0) is 13.8. The predicted octanol–water partition coefficient (Wildman–Crippen LogP) is 2.55. The third-order valence-corrected chi connectivity index (χ3v) is 2.99. The molecular weight excluding hydrogens is 271 g/mol. The minimum absolute atomic E-state index is 0.235. The molecule has 1 N–H and O–H groups in total. The maximum atomic E-state index is 12.9. The molecule has 1 aromatic carbocycles. The second-order valence-electron chi connectivity index (χ2n) is 3.94. The maximum Gasteiger partial charge on any atom is 0.216 e. The Balaban J connectivity index is 2.17. The Morgan fingerprint density at radius 3 is 2.84 bits per heavy atom. The molecule has 2 aromatic rings. The van der Waals surface area contributed by atoms with Gasteiger partial charge in [0.15, 0.2) is 0 Å². The lowest BCUT2D eigenvalue weighted by atomic mass is 10.1. The van der Waals surface area contributed by atoms with Crippen molar-refractivity contribution in [2.45, 2.75) is 12.5 Å². The van der Waals surface area contributed by atoms with E-state index in [0.717, 1.165) is 0 Å². The van der Waals surface area contributed by atoms with E-state index in [1.165, 1.54) is 25.6 Å². The number of aliphatic hydroxyl groups is 1. The van der Waals surface area contributed by atoms with Crippen molar-refractivity contribution in [3.8, 4) is 5.88 Å². The Morgan fingerprint density at radius 1 is 1.37 bits per heavy atom. The van der Waals surface area contributed by atoms with Gasteiger partial charge in [-0.1, -0.05) is 17.7 Å². The van der Waals surface area contributed by atoms with Crippen LogP contribution in [0.15, 0.2) is 30.6 Å². The Bertz CT molecular complexity index is 580. The fourth-order valence-corrected chi connectivity index (χ4v) is 1.89. The van der Waals surface area contributed by atoms with Gasteiger partial charge in [-0.25, -0.2) is 14.4 Å². The molecule has 1 unspecified atom stereocenters. The standard InChI is InChI=1S/C13H12ClFN2O2/c1-19-13-6-11(16-7-17-13)12(18)4-8-2-3-9(15)5-10(8)14/h2-3,5-7,12,18H,4H2,1H3. The SMILES string of the molecule is COc1cc(C(O)Cc2ccc(F)cc2Cl)ncn1. The smallest absolute Gasteiger partial charge is 0.216 e. The number of ether oxygens (including phenoxy) is 1. The van der Waals surface area contributed by atoms with Gasteiger partial charge in [0.05, 0.1) is 12.8 Å². The summed E-state index contributed by atoms with van der Waals surface area (Å²) in [6, 6.07) is 5.60. The first kappa shape index (κ1) is 13.7. The van der Waals surface area contributed by atoms with E-state index in [1.807, 2.05) is 0 Å². The molecule has 0 radical (unpaired) electrons. The minimum Gasteiger partial charge on any atom is -0.481 e. The van der Waals surface area contributed by atoms with Crippen LogP contribution in [0.1, 0.15) is 17.4 Å². The van der Waals surface area contributed by atoms with Gasteiger partial charge in [-0.15, -0.1) is 0 Å². The van der Waals surface area contributed by atoms with Crippen LogP contribution in [-0.2, 0) is 6.42 Å². The van der Waals surface area contributed by atoms with E-state index in [9.17, 15) is 9.50 Å². The Kier molecular flexibility index (Phi) is 4.29. The number of rotatable bonds is 4. The molecule has 0 saturated heterocycles. The maximum absolute atomic E-state index is 12.9. The van der Waals surface area contributed by atoms with Gasteiger partial charge in [0, 0.05) is 17.5 Å². The van der Waals surface area contributed by atoms with Gasteiger partial charge in [-0.05, 0) is 17.7 Å².